The zero-order chi connectivity index (χ0) is 15.5. The van der Waals surface area contributed by atoms with Crippen LogP contribution >= 0.6 is 0 Å². The van der Waals surface area contributed by atoms with E-state index < -0.39 is 35.4 Å². The number of rotatable bonds is 6. The van der Waals surface area contributed by atoms with E-state index in [1.54, 1.807) is 12.1 Å². The summed E-state index contributed by atoms with van der Waals surface area (Å²) < 4.78 is 63.5. The molecule has 2 rings (SSSR count). The lowest BCUT2D eigenvalue weighted by Gasteiger charge is -2.18. The van der Waals surface area contributed by atoms with Crippen molar-refractivity contribution in [3.63, 3.8) is 0 Å². The SMILES string of the molecule is Cc1ccc(S(=O)(=O)O[C@H]2COC[C@@H]2OCC(F)F)cc1. The third kappa shape index (κ3) is 4.44. The fraction of sp³-hybridized carbons (Fsp3) is 0.538. The summed E-state index contributed by atoms with van der Waals surface area (Å²) in [6.07, 6.45) is -4.37. The zero-order valence-electron chi connectivity index (χ0n) is 11.4. The van der Waals surface area contributed by atoms with Gasteiger partial charge in [-0.25, -0.2) is 8.78 Å². The summed E-state index contributed by atoms with van der Waals surface area (Å²) in [7, 11) is -3.98. The van der Waals surface area contributed by atoms with Crippen LogP contribution in [-0.2, 0) is 23.8 Å². The maximum Gasteiger partial charge on any atom is 0.297 e. The van der Waals surface area contributed by atoms with Gasteiger partial charge in [-0.2, -0.15) is 8.42 Å². The van der Waals surface area contributed by atoms with Crippen LogP contribution in [0.4, 0.5) is 8.78 Å². The Bertz CT molecular complexity index is 558. The standard InChI is InChI=1S/C13H16F2O5S/c1-9-2-4-10(5-3-9)21(16,17)20-12-7-18-6-11(12)19-8-13(14)15/h2-5,11-13H,6-8H2,1H3/t11-,12-/m0/s1. The molecule has 1 aromatic carbocycles. The number of ether oxygens (including phenoxy) is 2. The van der Waals surface area contributed by atoms with E-state index in [9.17, 15) is 17.2 Å². The van der Waals surface area contributed by atoms with E-state index in [1.807, 2.05) is 6.92 Å². The molecule has 0 unspecified atom stereocenters. The van der Waals surface area contributed by atoms with Crippen LogP contribution in [0.3, 0.4) is 0 Å². The fourth-order valence-corrected chi connectivity index (χ4v) is 2.97. The van der Waals surface area contributed by atoms with Crippen molar-refractivity contribution in [3.05, 3.63) is 29.8 Å². The Balaban J connectivity index is 2.03. The Kier molecular flexibility index (Phi) is 5.26. The van der Waals surface area contributed by atoms with Crippen LogP contribution in [0.2, 0.25) is 0 Å². The van der Waals surface area contributed by atoms with Gasteiger partial charge < -0.3 is 9.47 Å². The van der Waals surface area contributed by atoms with E-state index in [2.05, 4.69) is 0 Å². The minimum Gasteiger partial charge on any atom is -0.376 e. The second-order valence-corrected chi connectivity index (χ2v) is 6.27. The molecule has 0 saturated carbocycles. The molecule has 118 valence electrons. The lowest BCUT2D eigenvalue weighted by Crippen LogP contribution is -2.33. The summed E-state index contributed by atoms with van der Waals surface area (Å²) in [4.78, 5) is 0.00705. The maximum atomic E-state index is 12.1. The second kappa shape index (κ2) is 6.78. The third-order valence-corrected chi connectivity index (χ3v) is 4.33. The molecule has 21 heavy (non-hydrogen) atoms. The molecule has 0 amide bonds. The first-order valence-corrected chi connectivity index (χ1v) is 7.77. The fourth-order valence-electron chi connectivity index (χ4n) is 1.88. The molecule has 1 aliphatic heterocycles. The van der Waals surface area contributed by atoms with E-state index in [0.29, 0.717) is 0 Å². The van der Waals surface area contributed by atoms with Gasteiger partial charge in [0.15, 0.2) is 0 Å². The Labute approximate surface area is 121 Å². The molecule has 8 heteroatoms. The van der Waals surface area contributed by atoms with E-state index in [4.69, 9.17) is 13.7 Å². The molecule has 0 spiro atoms. The van der Waals surface area contributed by atoms with Gasteiger partial charge in [0.2, 0.25) is 0 Å². The lowest BCUT2D eigenvalue weighted by atomic mass is 10.2. The highest BCUT2D eigenvalue weighted by Crippen LogP contribution is 2.21. The third-order valence-electron chi connectivity index (χ3n) is 2.98. The first-order valence-electron chi connectivity index (χ1n) is 6.36. The van der Waals surface area contributed by atoms with Crippen molar-refractivity contribution in [3.8, 4) is 0 Å². The first kappa shape index (κ1) is 16.3. The van der Waals surface area contributed by atoms with Gasteiger partial charge in [-0.15, -0.1) is 0 Å². The van der Waals surface area contributed by atoms with Crippen molar-refractivity contribution < 1.29 is 30.9 Å². The molecular weight excluding hydrogens is 306 g/mol. The Morgan fingerprint density at radius 2 is 1.86 bits per heavy atom. The zero-order valence-corrected chi connectivity index (χ0v) is 12.2. The van der Waals surface area contributed by atoms with Gasteiger partial charge in [-0.05, 0) is 19.1 Å². The molecule has 1 aromatic rings. The molecule has 1 aliphatic rings. The number of alkyl halides is 2. The average Bonchev–Trinajstić information content (AvgIpc) is 2.83. The molecule has 1 fully saturated rings. The number of halogens is 2. The van der Waals surface area contributed by atoms with Crippen LogP contribution in [0, 0.1) is 6.92 Å². The normalized spacial score (nSPS) is 22.9. The van der Waals surface area contributed by atoms with E-state index >= 15 is 0 Å². The van der Waals surface area contributed by atoms with Crippen LogP contribution < -0.4 is 0 Å². The van der Waals surface area contributed by atoms with Crippen LogP contribution in [0.1, 0.15) is 5.56 Å². The molecule has 0 N–H and O–H groups in total. The summed E-state index contributed by atoms with van der Waals surface area (Å²) in [5.41, 5.74) is 0.913. The van der Waals surface area contributed by atoms with Crippen LogP contribution in [0.5, 0.6) is 0 Å². The van der Waals surface area contributed by atoms with Gasteiger partial charge in [0.25, 0.3) is 16.5 Å². The monoisotopic (exact) mass is 322 g/mol. The summed E-state index contributed by atoms with van der Waals surface area (Å²) in [6, 6.07) is 6.14. The molecule has 1 saturated heterocycles. The van der Waals surface area contributed by atoms with Crippen molar-refractivity contribution in [1.82, 2.24) is 0 Å². The Morgan fingerprint density at radius 1 is 1.24 bits per heavy atom. The van der Waals surface area contributed by atoms with Crippen LogP contribution in [0.15, 0.2) is 29.2 Å². The predicted octanol–water partition coefficient (Wildman–Crippen LogP) is 1.75. The summed E-state index contributed by atoms with van der Waals surface area (Å²) in [6.45, 7) is 1.06. The van der Waals surface area contributed by atoms with E-state index in [-0.39, 0.29) is 18.1 Å². The number of aryl methyl sites for hydroxylation is 1. The summed E-state index contributed by atoms with van der Waals surface area (Å²) in [5, 5.41) is 0. The van der Waals surface area contributed by atoms with Gasteiger partial charge >= 0.3 is 0 Å². The number of hydrogen-bond acceptors (Lipinski definition) is 5. The van der Waals surface area contributed by atoms with Crippen molar-refractivity contribution in [2.45, 2.75) is 30.5 Å². The number of hydrogen-bond donors (Lipinski definition) is 0. The average molecular weight is 322 g/mol. The largest absolute Gasteiger partial charge is 0.376 e. The topological polar surface area (TPSA) is 61.8 Å². The quantitative estimate of drug-likeness (QED) is 0.747. The smallest absolute Gasteiger partial charge is 0.297 e. The van der Waals surface area contributed by atoms with Gasteiger partial charge in [0, 0.05) is 0 Å². The van der Waals surface area contributed by atoms with E-state index in [0.717, 1.165) is 5.56 Å². The summed E-state index contributed by atoms with van der Waals surface area (Å²) >= 11 is 0. The van der Waals surface area contributed by atoms with Gasteiger partial charge in [-0.3, -0.25) is 4.18 Å². The van der Waals surface area contributed by atoms with Gasteiger partial charge in [0.1, 0.15) is 18.8 Å². The van der Waals surface area contributed by atoms with Crippen LogP contribution in [-0.4, -0.2) is 46.9 Å². The predicted molar refractivity (Wildman–Crippen MR) is 69.8 cm³/mol. The van der Waals surface area contributed by atoms with E-state index in [1.165, 1.54) is 12.1 Å². The lowest BCUT2D eigenvalue weighted by molar-refractivity contribution is -0.0499. The number of benzene rings is 1. The van der Waals surface area contributed by atoms with Crippen molar-refractivity contribution >= 4 is 10.1 Å². The minimum atomic E-state index is -3.98. The highest BCUT2D eigenvalue weighted by molar-refractivity contribution is 7.86. The summed E-state index contributed by atoms with van der Waals surface area (Å²) in [5.74, 6) is 0. The van der Waals surface area contributed by atoms with Gasteiger partial charge in [0.05, 0.1) is 18.1 Å². The molecule has 0 aliphatic carbocycles. The molecule has 5 nitrogen and oxygen atoms in total. The Hall–Kier alpha value is -1.09. The molecular formula is C13H16F2O5S. The highest BCUT2D eigenvalue weighted by Gasteiger charge is 2.35. The Morgan fingerprint density at radius 3 is 2.48 bits per heavy atom. The molecule has 1 heterocycles. The molecule has 0 bridgehead atoms. The highest BCUT2D eigenvalue weighted by atomic mass is 32.2. The first-order chi connectivity index (χ1) is 9.88. The second-order valence-electron chi connectivity index (χ2n) is 4.70. The van der Waals surface area contributed by atoms with Crippen molar-refractivity contribution in [2.24, 2.45) is 0 Å². The van der Waals surface area contributed by atoms with Crippen molar-refractivity contribution in [1.29, 1.82) is 0 Å². The van der Waals surface area contributed by atoms with Crippen molar-refractivity contribution in [2.75, 3.05) is 19.8 Å². The minimum absolute atomic E-state index is 0.00705. The molecule has 0 radical (unpaired) electrons. The molecule has 2 atom stereocenters. The maximum absolute atomic E-state index is 12.1. The molecule has 0 aromatic heterocycles. The van der Waals surface area contributed by atoms with Gasteiger partial charge in [-0.1, -0.05) is 17.7 Å². The van der Waals surface area contributed by atoms with Crippen LogP contribution in [0.25, 0.3) is 0 Å².